The predicted molar refractivity (Wildman–Crippen MR) is 89.7 cm³/mol. The van der Waals surface area contributed by atoms with Crippen LogP contribution in [0.1, 0.15) is 17.2 Å². The monoisotopic (exact) mass is 300 g/mol. The number of anilines is 2. The van der Waals surface area contributed by atoms with E-state index in [0.717, 1.165) is 13.1 Å². The Hall–Kier alpha value is -1.36. The molecule has 4 rings (SSSR count). The highest BCUT2D eigenvalue weighted by atomic mass is 32.1. The molecular formula is C16H16N2S2. The molecule has 102 valence electrons. The van der Waals surface area contributed by atoms with Crippen LogP contribution in [0.25, 0.3) is 10.1 Å². The van der Waals surface area contributed by atoms with Crippen LogP contribution >= 0.6 is 22.7 Å². The Morgan fingerprint density at radius 1 is 1.10 bits per heavy atom. The van der Waals surface area contributed by atoms with Gasteiger partial charge in [-0.3, -0.25) is 0 Å². The van der Waals surface area contributed by atoms with Crippen LogP contribution in [-0.2, 0) is 0 Å². The third-order valence-electron chi connectivity index (χ3n) is 3.86. The van der Waals surface area contributed by atoms with Gasteiger partial charge in [-0.1, -0.05) is 0 Å². The van der Waals surface area contributed by atoms with E-state index in [1.54, 1.807) is 11.3 Å². The highest BCUT2D eigenvalue weighted by Crippen LogP contribution is 2.36. The highest BCUT2D eigenvalue weighted by Gasteiger charge is 2.20. The minimum absolute atomic E-state index is 0.669. The first kappa shape index (κ1) is 12.4. The Morgan fingerprint density at radius 2 is 2.05 bits per heavy atom. The summed E-state index contributed by atoms with van der Waals surface area (Å²) in [5.41, 5.74) is 2.46. The van der Waals surface area contributed by atoms with Crippen LogP contribution in [-0.4, -0.2) is 13.1 Å². The molecule has 3 aromatic rings. The lowest BCUT2D eigenvalue weighted by Crippen LogP contribution is -2.08. The van der Waals surface area contributed by atoms with Crippen LogP contribution in [0.2, 0.25) is 0 Å². The van der Waals surface area contributed by atoms with Crippen molar-refractivity contribution in [2.75, 3.05) is 18.4 Å². The summed E-state index contributed by atoms with van der Waals surface area (Å²) in [6.07, 6.45) is 1.25. The van der Waals surface area contributed by atoms with Crippen LogP contribution in [0.3, 0.4) is 0 Å². The second-order valence-electron chi connectivity index (χ2n) is 5.19. The summed E-state index contributed by atoms with van der Waals surface area (Å²) in [6, 6.07) is 11.0. The molecule has 0 aliphatic carbocycles. The van der Waals surface area contributed by atoms with E-state index in [1.165, 1.54) is 32.8 Å². The summed E-state index contributed by atoms with van der Waals surface area (Å²) in [4.78, 5) is 1.49. The van der Waals surface area contributed by atoms with Gasteiger partial charge in [0.1, 0.15) is 0 Å². The lowest BCUT2D eigenvalue weighted by atomic mass is 10.1. The number of thiophene rings is 2. The molecule has 1 aromatic carbocycles. The maximum Gasteiger partial charge on any atom is 0.0528 e. The van der Waals surface area contributed by atoms with Crippen LogP contribution in [0.4, 0.5) is 11.4 Å². The van der Waals surface area contributed by atoms with Gasteiger partial charge >= 0.3 is 0 Å². The number of rotatable bonds is 3. The van der Waals surface area contributed by atoms with Crippen molar-refractivity contribution >= 4 is 44.1 Å². The van der Waals surface area contributed by atoms with Gasteiger partial charge in [0.05, 0.1) is 5.69 Å². The van der Waals surface area contributed by atoms with Crippen LogP contribution in [0, 0.1) is 0 Å². The first-order chi connectivity index (χ1) is 9.90. The van der Waals surface area contributed by atoms with Crippen LogP contribution < -0.4 is 10.6 Å². The van der Waals surface area contributed by atoms with Crippen molar-refractivity contribution in [1.29, 1.82) is 0 Å². The molecule has 2 aromatic heterocycles. The average Bonchev–Trinajstić information content (AvgIpc) is 3.19. The lowest BCUT2D eigenvalue weighted by molar-refractivity contribution is 0.780. The lowest BCUT2D eigenvalue weighted by Gasteiger charge is -2.12. The molecule has 1 fully saturated rings. The van der Waals surface area contributed by atoms with Gasteiger partial charge in [0.15, 0.2) is 0 Å². The fourth-order valence-corrected chi connectivity index (χ4v) is 4.58. The number of fused-ring (bicyclic) bond motifs is 1. The average molecular weight is 300 g/mol. The maximum atomic E-state index is 3.60. The largest absolute Gasteiger partial charge is 0.355 e. The van der Waals surface area contributed by atoms with E-state index in [-0.39, 0.29) is 0 Å². The molecule has 4 heteroatoms. The minimum Gasteiger partial charge on any atom is -0.355 e. The van der Waals surface area contributed by atoms with Crippen molar-refractivity contribution in [3.05, 3.63) is 46.0 Å². The van der Waals surface area contributed by atoms with Crippen molar-refractivity contribution in [1.82, 2.24) is 5.32 Å². The normalized spacial score (nSPS) is 18.7. The van der Waals surface area contributed by atoms with Crippen molar-refractivity contribution in [3.8, 4) is 0 Å². The highest BCUT2D eigenvalue weighted by molar-refractivity contribution is 7.17. The molecule has 2 N–H and O–H groups in total. The molecule has 0 saturated carbocycles. The van der Waals surface area contributed by atoms with E-state index in [4.69, 9.17) is 0 Å². The maximum absolute atomic E-state index is 3.60. The molecule has 0 spiro atoms. The third-order valence-corrected chi connectivity index (χ3v) is 5.83. The van der Waals surface area contributed by atoms with Crippen LogP contribution in [0.5, 0.6) is 0 Å². The summed E-state index contributed by atoms with van der Waals surface area (Å²) in [6.45, 7) is 2.25. The van der Waals surface area contributed by atoms with E-state index >= 15 is 0 Å². The third kappa shape index (κ3) is 2.24. The summed E-state index contributed by atoms with van der Waals surface area (Å²) in [5.74, 6) is 0.669. The zero-order valence-corrected chi connectivity index (χ0v) is 12.7. The Labute approximate surface area is 126 Å². The van der Waals surface area contributed by atoms with Crippen molar-refractivity contribution in [2.24, 2.45) is 0 Å². The second kappa shape index (κ2) is 5.20. The SMILES string of the molecule is c1cc(Nc2ccc3sccc3c2)c(C2CCNC2)s1. The zero-order chi connectivity index (χ0) is 13.4. The standard InChI is InChI=1S/C16H16N2S2/c1-2-15-11(4-7-19-15)9-13(1)18-14-5-8-20-16(14)12-3-6-17-10-12/h1-2,4-5,7-9,12,17-18H,3,6,10H2. The molecule has 1 aliphatic heterocycles. The van der Waals surface area contributed by atoms with Gasteiger partial charge in [-0.25, -0.2) is 0 Å². The quantitative estimate of drug-likeness (QED) is 0.727. The van der Waals surface area contributed by atoms with Crippen molar-refractivity contribution in [2.45, 2.75) is 12.3 Å². The Kier molecular flexibility index (Phi) is 3.22. The van der Waals surface area contributed by atoms with Gasteiger partial charge in [-0.2, -0.15) is 0 Å². The first-order valence-corrected chi connectivity index (χ1v) is 8.68. The predicted octanol–water partition coefficient (Wildman–Crippen LogP) is 4.78. The van der Waals surface area contributed by atoms with Gasteiger partial charge in [-0.15, -0.1) is 22.7 Å². The van der Waals surface area contributed by atoms with E-state index in [0.29, 0.717) is 5.92 Å². The molecule has 1 unspecified atom stereocenters. The van der Waals surface area contributed by atoms with Gasteiger partial charge < -0.3 is 10.6 Å². The molecule has 3 heterocycles. The molecule has 2 nitrogen and oxygen atoms in total. The summed E-state index contributed by atoms with van der Waals surface area (Å²) < 4.78 is 1.35. The Morgan fingerprint density at radius 3 is 2.95 bits per heavy atom. The summed E-state index contributed by atoms with van der Waals surface area (Å²) in [5, 5.41) is 12.7. The fourth-order valence-electron chi connectivity index (χ4n) is 2.82. The fraction of sp³-hybridized carbons (Fsp3) is 0.250. The number of benzene rings is 1. The van der Waals surface area contributed by atoms with Gasteiger partial charge in [0, 0.05) is 27.7 Å². The molecule has 20 heavy (non-hydrogen) atoms. The second-order valence-corrected chi connectivity index (χ2v) is 7.08. The molecule has 0 amide bonds. The first-order valence-electron chi connectivity index (χ1n) is 6.92. The van der Waals surface area contributed by atoms with E-state index in [1.807, 2.05) is 11.3 Å². The van der Waals surface area contributed by atoms with Gasteiger partial charge in [0.2, 0.25) is 0 Å². The number of hydrogen-bond donors (Lipinski definition) is 2. The molecule has 0 bridgehead atoms. The number of nitrogens with one attached hydrogen (secondary N) is 2. The zero-order valence-electron chi connectivity index (χ0n) is 11.1. The van der Waals surface area contributed by atoms with E-state index in [2.05, 4.69) is 51.7 Å². The van der Waals surface area contributed by atoms with Crippen LogP contribution in [0.15, 0.2) is 41.1 Å². The molecule has 1 atom stereocenters. The Bertz CT molecular complexity index is 723. The smallest absolute Gasteiger partial charge is 0.0528 e. The Balaban J connectivity index is 1.63. The van der Waals surface area contributed by atoms with E-state index < -0.39 is 0 Å². The topological polar surface area (TPSA) is 24.1 Å². The number of hydrogen-bond acceptors (Lipinski definition) is 4. The van der Waals surface area contributed by atoms with Gasteiger partial charge in [-0.05, 0) is 59.4 Å². The van der Waals surface area contributed by atoms with Crippen molar-refractivity contribution < 1.29 is 0 Å². The van der Waals surface area contributed by atoms with Gasteiger partial charge in [0.25, 0.3) is 0 Å². The summed E-state index contributed by atoms with van der Waals surface area (Å²) in [7, 11) is 0. The molecule has 1 aliphatic rings. The molecular weight excluding hydrogens is 284 g/mol. The van der Waals surface area contributed by atoms with E-state index in [9.17, 15) is 0 Å². The molecule has 0 radical (unpaired) electrons. The summed E-state index contributed by atoms with van der Waals surface area (Å²) >= 11 is 3.66. The van der Waals surface area contributed by atoms with Crippen molar-refractivity contribution in [3.63, 3.8) is 0 Å². The molecule has 1 saturated heterocycles. The minimum atomic E-state index is 0.669.